The largest absolute Gasteiger partial charge is 0.339 e. The van der Waals surface area contributed by atoms with Crippen LogP contribution in [0.15, 0.2) is 61.2 Å². The molecule has 5 nitrogen and oxygen atoms in total. The molecule has 2 aromatic heterocycles. The van der Waals surface area contributed by atoms with Gasteiger partial charge in [-0.25, -0.2) is 9.37 Å². The Hall–Kier alpha value is -3.02. The Morgan fingerprint density at radius 2 is 1.89 bits per heavy atom. The summed E-state index contributed by atoms with van der Waals surface area (Å²) in [5.74, 6) is 0.894. The molecule has 0 aliphatic carbocycles. The number of amides is 1. The molecule has 3 aromatic rings. The molecule has 1 saturated heterocycles. The van der Waals surface area contributed by atoms with Gasteiger partial charge in [0.1, 0.15) is 11.6 Å². The molecule has 0 N–H and O–H groups in total. The highest BCUT2D eigenvalue weighted by atomic mass is 19.1. The number of rotatable bonds is 4. The van der Waals surface area contributed by atoms with Crippen molar-refractivity contribution in [3.8, 4) is 0 Å². The zero-order chi connectivity index (χ0) is 18.6. The first-order chi connectivity index (χ1) is 13.2. The Morgan fingerprint density at radius 3 is 2.63 bits per heavy atom. The quantitative estimate of drug-likeness (QED) is 0.712. The van der Waals surface area contributed by atoms with E-state index in [0.29, 0.717) is 24.6 Å². The number of imidazole rings is 1. The topological polar surface area (TPSA) is 51.0 Å². The van der Waals surface area contributed by atoms with Crippen molar-refractivity contribution in [1.82, 2.24) is 19.4 Å². The summed E-state index contributed by atoms with van der Waals surface area (Å²) in [7, 11) is 0. The highest BCUT2D eigenvalue weighted by Gasteiger charge is 2.27. The SMILES string of the molecule is O=C(c1cccc(F)c1)N1CCC(c2nccn2Cc2ccncc2)CC1. The maximum Gasteiger partial charge on any atom is 0.253 e. The number of aromatic nitrogens is 3. The van der Waals surface area contributed by atoms with Gasteiger partial charge in [-0.05, 0) is 48.7 Å². The molecule has 0 saturated carbocycles. The van der Waals surface area contributed by atoms with Crippen molar-refractivity contribution < 1.29 is 9.18 Å². The van der Waals surface area contributed by atoms with Crippen LogP contribution in [0.25, 0.3) is 0 Å². The van der Waals surface area contributed by atoms with Crippen LogP contribution in [0, 0.1) is 5.82 Å². The Balaban J connectivity index is 1.41. The third-order valence-corrected chi connectivity index (χ3v) is 5.07. The maximum absolute atomic E-state index is 13.4. The summed E-state index contributed by atoms with van der Waals surface area (Å²) in [4.78, 5) is 23.0. The van der Waals surface area contributed by atoms with Gasteiger partial charge in [-0.2, -0.15) is 0 Å². The molecule has 1 amide bonds. The molecule has 1 aromatic carbocycles. The highest BCUT2D eigenvalue weighted by molar-refractivity contribution is 5.94. The van der Waals surface area contributed by atoms with E-state index in [2.05, 4.69) is 14.5 Å². The molecular formula is C21H21FN4O. The lowest BCUT2D eigenvalue weighted by molar-refractivity contribution is 0.0710. The molecule has 0 radical (unpaired) electrons. The molecule has 0 bridgehead atoms. The predicted molar refractivity (Wildman–Crippen MR) is 99.8 cm³/mol. The fraction of sp³-hybridized carbons (Fsp3) is 0.286. The molecule has 3 heterocycles. The van der Waals surface area contributed by atoms with Gasteiger partial charge in [0, 0.05) is 55.9 Å². The molecule has 1 aliphatic rings. The standard InChI is InChI=1S/C21H21FN4O/c22-19-3-1-2-18(14-19)21(27)25-11-6-17(7-12-25)20-24-10-13-26(20)15-16-4-8-23-9-5-16/h1-5,8-10,13-14,17H,6-7,11-12,15H2. The Bertz CT molecular complexity index is 917. The minimum atomic E-state index is -0.381. The lowest BCUT2D eigenvalue weighted by Gasteiger charge is -2.32. The van der Waals surface area contributed by atoms with E-state index in [9.17, 15) is 9.18 Å². The third kappa shape index (κ3) is 3.89. The second-order valence-corrected chi connectivity index (χ2v) is 6.85. The van der Waals surface area contributed by atoms with Crippen molar-refractivity contribution in [3.05, 3.63) is 84.0 Å². The molecule has 27 heavy (non-hydrogen) atoms. The fourth-order valence-corrected chi connectivity index (χ4v) is 3.64. The normalized spacial score (nSPS) is 15.1. The van der Waals surface area contributed by atoms with Crippen molar-refractivity contribution in [2.75, 3.05) is 13.1 Å². The van der Waals surface area contributed by atoms with Gasteiger partial charge in [0.15, 0.2) is 0 Å². The lowest BCUT2D eigenvalue weighted by atomic mass is 9.95. The minimum absolute atomic E-state index is 0.104. The average molecular weight is 364 g/mol. The van der Waals surface area contributed by atoms with E-state index in [1.165, 1.54) is 17.7 Å². The van der Waals surface area contributed by atoms with E-state index in [1.54, 1.807) is 29.4 Å². The second kappa shape index (κ2) is 7.70. The summed E-state index contributed by atoms with van der Waals surface area (Å²) >= 11 is 0. The summed E-state index contributed by atoms with van der Waals surface area (Å²) in [5, 5.41) is 0. The maximum atomic E-state index is 13.4. The van der Waals surface area contributed by atoms with Gasteiger partial charge in [0.2, 0.25) is 0 Å². The van der Waals surface area contributed by atoms with E-state index in [4.69, 9.17) is 0 Å². The molecule has 138 valence electrons. The number of hydrogen-bond donors (Lipinski definition) is 0. The van der Waals surface area contributed by atoms with Crippen LogP contribution >= 0.6 is 0 Å². The summed E-state index contributed by atoms with van der Waals surface area (Å²) in [6.45, 7) is 2.07. The minimum Gasteiger partial charge on any atom is -0.339 e. The molecule has 0 spiro atoms. The van der Waals surface area contributed by atoms with Gasteiger partial charge < -0.3 is 9.47 Å². The first-order valence-corrected chi connectivity index (χ1v) is 9.15. The summed E-state index contributed by atoms with van der Waals surface area (Å²) in [6.07, 6.45) is 9.13. The van der Waals surface area contributed by atoms with Crippen LogP contribution in [0.4, 0.5) is 4.39 Å². The smallest absolute Gasteiger partial charge is 0.253 e. The zero-order valence-corrected chi connectivity index (χ0v) is 15.0. The van der Waals surface area contributed by atoms with Crippen LogP contribution < -0.4 is 0 Å². The Morgan fingerprint density at radius 1 is 1.11 bits per heavy atom. The number of benzene rings is 1. The molecular weight excluding hydrogens is 343 g/mol. The summed E-state index contributed by atoms with van der Waals surface area (Å²) < 4.78 is 15.6. The first kappa shape index (κ1) is 17.4. The van der Waals surface area contributed by atoms with E-state index in [0.717, 1.165) is 25.2 Å². The molecule has 1 aliphatic heterocycles. The number of nitrogens with zero attached hydrogens (tertiary/aromatic N) is 4. The lowest BCUT2D eigenvalue weighted by Crippen LogP contribution is -2.38. The van der Waals surface area contributed by atoms with Gasteiger partial charge in [0.05, 0.1) is 0 Å². The number of halogens is 1. The predicted octanol–water partition coefficient (Wildman–Crippen LogP) is 3.49. The highest BCUT2D eigenvalue weighted by Crippen LogP contribution is 2.28. The number of likely N-dealkylation sites (tertiary alicyclic amines) is 1. The first-order valence-electron chi connectivity index (χ1n) is 9.15. The monoisotopic (exact) mass is 364 g/mol. The molecule has 0 atom stereocenters. The molecule has 1 fully saturated rings. The second-order valence-electron chi connectivity index (χ2n) is 6.85. The molecule has 6 heteroatoms. The van der Waals surface area contributed by atoms with Crippen molar-refractivity contribution in [2.24, 2.45) is 0 Å². The zero-order valence-electron chi connectivity index (χ0n) is 15.0. The van der Waals surface area contributed by atoms with Crippen molar-refractivity contribution in [3.63, 3.8) is 0 Å². The van der Waals surface area contributed by atoms with Crippen LogP contribution in [0.5, 0.6) is 0 Å². The van der Waals surface area contributed by atoms with Gasteiger partial charge in [-0.15, -0.1) is 0 Å². The van der Waals surface area contributed by atoms with Crippen LogP contribution in [-0.2, 0) is 6.54 Å². The van der Waals surface area contributed by atoms with E-state index >= 15 is 0 Å². The van der Waals surface area contributed by atoms with Crippen LogP contribution in [0.2, 0.25) is 0 Å². The summed E-state index contributed by atoms with van der Waals surface area (Å²) in [6, 6.07) is 9.90. The van der Waals surface area contributed by atoms with Gasteiger partial charge >= 0.3 is 0 Å². The molecule has 4 rings (SSSR count). The molecule has 0 unspecified atom stereocenters. The van der Waals surface area contributed by atoms with E-state index in [-0.39, 0.29) is 11.7 Å². The van der Waals surface area contributed by atoms with Gasteiger partial charge in [-0.3, -0.25) is 9.78 Å². The number of carbonyl (C=O) groups excluding carboxylic acids is 1. The summed E-state index contributed by atoms with van der Waals surface area (Å²) in [5.41, 5.74) is 1.59. The van der Waals surface area contributed by atoms with Crippen LogP contribution in [0.3, 0.4) is 0 Å². The van der Waals surface area contributed by atoms with E-state index in [1.807, 2.05) is 24.5 Å². The van der Waals surface area contributed by atoms with Gasteiger partial charge in [0.25, 0.3) is 5.91 Å². The van der Waals surface area contributed by atoms with E-state index < -0.39 is 0 Å². The number of pyridine rings is 1. The number of hydrogen-bond acceptors (Lipinski definition) is 3. The van der Waals surface area contributed by atoms with Crippen LogP contribution in [-0.4, -0.2) is 38.4 Å². The van der Waals surface area contributed by atoms with Crippen molar-refractivity contribution in [2.45, 2.75) is 25.3 Å². The Kier molecular flexibility index (Phi) is 4.96. The number of piperidine rings is 1. The number of carbonyl (C=O) groups is 1. The average Bonchev–Trinajstić information content (AvgIpc) is 3.16. The third-order valence-electron chi connectivity index (χ3n) is 5.07. The van der Waals surface area contributed by atoms with Gasteiger partial charge in [-0.1, -0.05) is 6.07 Å². The fourth-order valence-electron chi connectivity index (χ4n) is 3.64. The van der Waals surface area contributed by atoms with Crippen molar-refractivity contribution in [1.29, 1.82) is 0 Å². The Labute approximate surface area is 157 Å². The van der Waals surface area contributed by atoms with Crippen LogP contribution in [0.1, 0.15) is 40.5 Å². The van der Waals surface area contributed by atoms with Crippen molar-refractivity contribution >= 4 is 5.91 Å².